The van der Waals surface area contributed by atoms with Crippen molar-refractivity contribution in [3.05, 3.63) is 71.9 Å². The van der Waals surface area contributed by atoms with Crippen molar-refractivity contribution in [3.63, 3.8) is 0 Å². The summed E-state index contributed by atoms with van der Waals surface area (Å²) in [5.41, 5.74) is 3.54. The highest BCUT2D eigenvalue weighted by atomic mass is 32.2. The Morgan fingerprint density at radius 3 is 2.41 bits per heavy atom. The van der Waals surface area contributed by atoms with Gasteiger partial charge in [0.25, 0.3) is 0 Å². The largest absolute Gasteiger partial charge is 0.263 e. The van der Waals surface area contributed by atoms with Crippen molar-refractivity contribution in [3.8, 4) is 23.1 Å². The smallest absolute Gasteiger partial charge is 0.180 e. The zero-order valence-corrected chi connectivity index (χ0v) is 16.2. The lowest BCUT2D eigenvalue weighted by Gasteiger charge is -2.09. The minimum atomic E-state index is -3.29. The third-order valence-corrected chi connectivity index (χ3v) is 6.21. The van der Waals surface area contributed by atoms with Gasteiger partial charge < -0.3 is 0 Å². The van der Waals surface area contributed by atoms with Gasteiger partial charge in [-0.1, -0.05) is 18.1 Å². The molecule has 0 aliphatic heterocycles. The van der Waals surface area contributed by atoms with Crippen LogP contribution in [0.4, 0.5) is 0 Å². The average Bonchev–Trinajstić information content (AvgIpc) is 2.68. The number of aryl methyl sites for hydroxylation is 1. The quantitative estimate of drug-likeness (QED) is 0.649. The summed E-state index contributed by atoms with van der Waals surface area (Å²) < 4.78 is 24.5. The van der Waals surface area contributed by atoms with Crippen molar-refractivity contribution in [2.45, 2.75) is 30.9 Å². The molecule has 3 aromatic rings. The molecule has 0 N–H and O–H groups in total. The summed E-state index contributed by atoms with van der Waals surface area (Å²) in [6.45, 7) is 5.19. The fourth-order valence-corrected chi connectivity index (χ4v) is 3.42. The van der Waals surface area contributed by atoms with Crippen LogP contribution >= 0.6 is 0 Å². The molecule has 2 heterocycles. The van der Waals surface area contributed by atoms with Gasteiger partial charge in [0, 0.05) is 24.9 Å². The predicted octanol–water partition coefficient (Wildman–Crippen LogP) is 3.67. The van der Waals surface area contributed by atoms with Gasteiger partial charge in [0.2, 0.25) is 0 Å². The summed E-state index contributed by atoms with van der Waals surface area (Å²) in [6, 6.07) is 10.4. The Bertz CT molecular complexity index is 1120. The summed E-state index contributed by atoms with van der Waals surface area (Å²) in [5, 5.41) is -0.461. The molecule has 0 radical (unpaired) electrons. The molecular formula is C21H21N3O2S. The summed E-state index contributed by atoms with van der Waals surface area (Å²) in [7, 11) is -3.29. The first-order valence-corrected chi connectivity index (χ1v) is 10.0. The fourth-order valence-electron chi connectivity index (χ4n) is 2.36. The van der Waals surface area contributed by atoms with Crippen LogP contribution in [0.2, 0.25) is 0 Å². The van der Waals surface area contributed by atoms with Crippen LogP contribution in [0.3, 0.4) is 0 Å². The highest BCUT2D eigenvalue weighted by molar-refractivity contribution is 7.92. The molecular weight excluding hydrogens is 358 g/mol. The lowest BCUT2D eigenvalue weighted by atomic mass is 10.1. The number of hydrogen-bond donors (Lipinski definition) is 0. The maximum Gasteiger partial charge on any atom is 0.180 e. The molecule has 0 aliphatic carbocycles. The molecule has 138 valence electrons. The van der Waals surface area contributed by atoms with Crippen molar-refractivity contribution in [1.29, 1.82) is 0 Å². The molecule has 0 saturated carbocycles. The first-order valence-electron chi connectivity index (χ1n) is 8.48. The Morgan fingerprint density at radius 1 is 1.04 bits per heavy atom. The summed E-state index contributed by atoms with van der Waals surface area (Å²) >= 11 is 0. The molecule has 0 spiro atoms. The normalized spacial score (nSPS) is 11.1. The van der Waals surface area contributed by atoms with Gasteiger partial charge in [0.15, 0.2) is 9.84 Å². The van der Waals surface area contributed by atoms with Crippen LogP contribution in [0.25, 0.3) is 11.3 Å². The second-order valence-electron chi connectivity index (χ2n) is 6.30. The molecule has 0 saturated heterocycles. The van der Waals surface area contributed by atoms with Crippen LogP contribution in [-0.2, 0) is 9.84 Å². The van der Waals surface area contributed by atoms with Crippen molar-refractivity contribution in [1.82, 2.24) is 15.0 Å². The molecule has 5 nitrogen and oxygen atoms in total. The molecule has 3 rings (SSSR count). The van der Waals surface area contributed by atoms with E-state index in [0.717, 1.165) is 16.8 Å². The third kappa shape index (κ3) is 4.21. The highest BCUT2D eigenvalue weighted by Crippen LogP contribution is 2.22. The van der Waals surface area contributed by atoms with Crippen molar-refractivity contribution >= 4 is 9.84 Å². The molecule has 0 unspecified atom stereocenters. The topological polar surface area (TPSA) is 72.8 Å². The monoisotopic (exact) mass is 379 g/mol. The van der Waals surface area contributed by atoms with E-state index in [4.69, 9.17) is 0 Å². The lowest BCUT2D eigenvalue weighted by molar-refractivity contribution is 0.587. The Hall–Kier alpha value is -3.04. The van der Waals surface area contributed by atoms with E-state index in [0.29, 0.717) is 16.3 Å². The van der Waals surface area contributed by atoms with Gasteiger partial charge in [-0.2, -0.15) is 0 Å². The second kappa shape index (κ2) is 7.68. The van der Waals surface area contributed by atoms with Gasteiger partial charge >= 0.3 is 0 Å². The summed E-state index contributed by atoms with van der Waals surface area (Å²) in [5.74, 6) is 6.06. The van der Waals surface area contributed by atoms with E-state index in [2.05, 4.69) is 26.8 Å². The van der Waals surface area contributed by atoms with Gasteiger partial charge in [-0.15, -0.1) is 0 Å². The second-order valence-corrected chi connectivity index (χ2v) is 8.80. The van der Waals surface area contributed by atoms with E-state index in [1.54, 1.807) is 56.7 Å². The Balaban J connectivity index is 0.00000280. The molecule has 1 aromatic carbocycles. The average molecular weight is 379 g/mol. The number of sulfone groups is 1. The SMILES string of the molecule is Cc1ncc(-c2ccc(S(=O)(=O)C(C)C)cc2)nc1C#Cc1cccnc1.[HH]. The molecule has 0 bridgehead atoms. The maximum atomic E-state index is 12.2. The number of pyridine rings is 1. The van der Waals surface area contributed by atoms with Crippen LogP contribution in [-0.4, -0.2) is 28.6 Å². The van der Waals surface area contributed by atoms with Crippen molar-refractivity contribution in [2.24, 2.45) is 0 Å². The van der Waals surface area contributed by atoms with E-state index in [9.17, 15) is 8.42 Å². The van der Waals surface area contributed by atoms with Crippen LogP contribution in [0, 0.1) is 18.8 Å². The van der Waals surface area contributed by atoms with Crippen LogP contribution in [0.1, 0.15) is 32.2 Å². The van der Waals surface area contributed by atoms with Crippen LogP contribution in [0.5, 0.6) is 0 Å². The standard InChI is InChI=1S/C21H19N3O2S.H2/c1-15(2)27(25,26)19-9-7-18(8-10-19)21-14-23-16(3)20(24-21)11-6-17-5-4-12-22-13-17;/h4-5,7-10,12-15H,1-3H3;1H. The molecule has 6 heteroatoms. The van der Waals surface area contributed by atoms with E-state index in [1.807, 2.05) is 19.1 Å². The van der Waals surface area contributed by atoms with Gasteiger partial charge in [0.1, 0.15) is 5.69 Å². The Morgan fingerprint density at radius 2 is 1.78 bits per heavy atom. The summed E-state index contributed by atoms with van der Waals surface area (Å²) in [4.78, 5) is 13.3. The Labute approximate surface area is 161 Å². The first kappa shape index (κ1) is 18.7. The van der Waals surface area contributed by atoms with E-state index in [-0.39, 0.29) is 1.43 Å². The summed E-state index contributed by atoms with van der Waals surface area (Å²) in [6.07, 6.45) is 5.05. The van der Waals surface area contributed by atoms with Crippen LogP contribution < -0.4 is 0 Å². The molecule has 0 fully saturated rings. The van der Waals surface area contributed by atoms with E-state index < -0.39 is 15.1 Å². The maximum absolute atomic E-state index is 12.2. The van der Waals surface area contributed by atoms with E-state index in [1.165, 1.54) is 0 Å². The number of benzene rings is 1. The van der Waals surface area contributed by atoms with Gasteiger partial charge in [0.05, 0.1) is 27.7 Å². The number of rotatable bonds is 3. The van der Waals surface area contributed by atoms with Crippen molar-refractivity contribution in [2.75, 3.05) is 0 Å². The number of aromatic nitrogens is 3. The highest BCUT2D eigenvalue weighted by Gasteiger charge is 2.19. The zero-order valence-electron chi connectivity index (χ0n) is 15.3. The molecule has 27 heavy (non-hydrogen) atoms. The fraction of sp³-hybridized carbons (Fsp3) is 0.190. The molecule has 2 aromatic heterocycles. The lowest BCUT2D eigenvalue weighted by Crippen LogP contribution is -2.13. The third-order valence-electron chi connectivity index (χ3n) is 4.04. The Kier molecular flexibility index (Phi) is 5.33. The molecule has 0 amide bonds. The minimum absolute atomic E-state index is 0. The van der Waals surface area contributed by atoms with Crippen LogP contribution in [0.15, 0.2) is 59.9 Å². The van der Waals surface area contributed by atoms with Gasteiger partial charge in [-0.05, 0) is 51.0 Å². The minimum Gasteiger partial charge on any atom is -0.263 e. The van der Waals surface area contributed by atoms with Gasteiger partial charge in [-0.25, -0.2) is 13.4 Å². The zero-order chi connectivity index (χ0) is 19.4. The predicted molar refractivity (Wildman–Crippen MR) is 107 cm³/mol. The number of hydrogen-bond acceptors (Lipinski definition) is 5. The van der Waals surface area contributed by atoms with Crippen molar-refractivity contribution < 1.29 is 9.84 Å². The first-order chi connectivity index (χ1) is 12.9. The number of nitrogens with zero attached hydrogens (tertiary/aromatic N) is 3. The molecule has 0 atom stereocenters. The van der Waals surface area contributed by atoms with Gasteiger partial charge in [-0.3, -0.25) is 9.97 Å². The van der Waals surface area contributed by atoms with E-state index >= 15 is 0 Å². The molecule has 0 aliphatic rings.